The van der Waals surface area contributed by atoms with Crippen LogP contribution in [-0.2, 0) is 6.54 Å². The monoisotopic (exact) mass is 443 g/mol. The Morgan fingerprint density at radius 1 is 1.25 bits per heavy atom. The Labute approximate surface area is 165 Å². The van der Waals surface area contributed by atoms with Gasteiger partial charge in [0.05, 0.1) is 10.7 Å². The van der Waals surface area contributed by atoms with Crippen molar-refractivity contribution in [1.29, 1.82) is 0 Å². The van der Waals surface area contributed by atoms with Crippen LogP contribution in [-0.4, -0.2) is 41.1 Å². The third-order valence-electron chi connectivity index (χ3n) is 4.03. The smallest absolute Gasteiger partial charge is 0.173 e. The Kier molecular flexibility index (Phi) is 6.52. The van der Waals surface area contributed by atoms with E-state index in [0.29, 0.717) is 5.02 Å². The van der Waals surface area contributed by atoms with Gasteiger partial charge >= 0.3 is 0 Å². The van der Waals surface area contributed by atoms with Gasteiger partial charge in [-0.05, 0) is 59.2 Å². The minimum Gasteiger partial charge on any atom is -0.348 e. The van der Waals surface area contributed by atoms with Gasteiger partial charge in [0.15, 0.2) is 5.11 Å². The highest BCUT2D eigenvalue weighted by Gasteiger charge is 2.17. The number of hydrogen-bond acceptors (Lipinski definition) is 3. The molecule has 1 aliphatic rings. The molecular formula is C17H19BrClN3S2. The summed E-state index contributed by atoms with van der Waals surface area (Å²) in [7, 11) is 0. The van der Waals surface area contributed by atoms with Crippen LogP contribution in [0.15, 0.2) is 39.5 Å². The number of nitrogens with one attached hydrogen (secondary N) is 1. The van der Waals surface area contributed by atoms with E-state index in [-0.39, 0.29) is 0 Å². The van der Waals surface area contributed by atoms with Gasteiger partial charge in [-0.2, -0.15) is 11.3 Å². The van der Waals surface area contributed by atoms with Gasteiger partial charge in [-0.25, -0.2) is 0 Å². The van der Waals surface area contributed by atoms with Crippen molar-refractivity contribution in [3.63, 3.8) is 0 Å². The van der Waals surface area contributed by atoms with Gasteiger partial charge in [-0.1, -0.05) is 27.5 Å². The maximum Gasteiger partial charge on any atom is 0.173 e. The molecule has 0 atom stereocenters. The van der Waals surface area contributed by atoms with Gasteiger partial charge in [0, 0.05) is 37.2 Å². The van der Waals surface area contributed by atoms with Crippen molar-refractivity contribution in [2.45, 2.75) is 13.0 Å². The van der Waals surface area contributed by atoms with Crippen LogP contribution < -0.4 is 5.32 Å². The Balaban J connectivity index is 1.56. The molecule has 1 aromatic carbocycles. The lowest BCUT2D eigenvalue weighted by molar-refractivity contribution is 0.278. The number of benzene rings is 1. The Bertz CT molecular complexity index is 693. The van der Waals surface area contributed by atoms with Crippen molar-refractivity contribution in [2.24, 2.45) is 0 Å². The van der Waals surface area contributed by atoms with E-state index in [1.54, 1.807) is 11.3 Å². The normalized spacial score (nSPS) is 16.0. The summed E-state index contributed by atoms with van der Waals surface area (Å²) in [5.74, 6) is 0. The summed E-state index contributed by atoms with van der Waals surface area (Å²) in [6.45, 7) is 5.06. The fourth-order valence-corrected chi connectivity index (χ4v) is 4.43. The first-order valence-electron chi connectivity index (χ1n) is 7.86. The second-order valence-electron chi connectivity index (χ2n) is 5.80. The average molecular weight is 445 g/mol. The summed E-state index contributed by atoms with van der Waals surface area (Å²) in [6.07, 6.45) is 1.11. The second kappa shape index (κ2) is 8.63. The number of anilines is 1. The van der Waals surface area contributed by atoms with Crippen LogP contribution in [0, 0.1) is 0 Å². The number of thiocarbonyl (C=S) groups is 1. The molecule has 0 saturated carbocycles. The zero-order valence-electron chi connectivity index (χ0n) is 13.2. The molecule has 0 aliphatic carbocycles. The van der Waals surface area contributed by atoms with Crippen LogP contribution in [0.3, 0.4) is 0 Å². The number of nitrogens with zero attached hydrogens (tertiary/aromatic N) is 2. The van der Waals surface area contributed by atoms with E-state index in [1.165, 1.54) is 5.56 Å². The van der Waals surface area contributed by atoms with Gasteiger partial charge in [-0.15, -0.1) is 0 Å². The maximum absolute atomic E-state index is 6.27. The van der Waals surface area contributed by atoms with E-state index in [1.807, 2.05) is 18.2 Å². The molecule has 3 rings (SSSR count). The van der Waals surface area contributed by atoms with Gasteiger partial charge < -0.3 is 10.2 Å². The van der Waals surface area contributed by atoms with Crippen molar-refractivity contribution in [3.8, 4) is 0 Å². The van der Waals surface area contributed by atoms with Crippen LogP contribution in [0.5, 0.6) is 0 Å². The molecule has 1 N–H and O–H groups in total. The van der Waals surface area contributed by atoms with Crippen LogP contribution >= 0.6 is 51.1 Å². The molecule has 1 aromatic heterocycles. The molecule has 0 bridgehead atoms. The maximum atomic E-state index is 6.27. The average Bonchev–Trinajstić information content (AvgIpc) is 2.94. The van der Waals surface area contributed by atoms with Gasteiger partial charge in [0.1, 0.15) is 0 Å². The molecule has 0 amide bonds. The van der Waals surface area contributed by atoms with Crippen molar-refractivity contribution in [2.75, 3.05) is 31.5 Å². The number of hydrogen-bond donors (Lipinski definition) is 1. The molecule has 0 unspecified atom stereocenters. The number of thiophene rings is 1. The lowest BCUT2D eigenvalue weighted by Crippen LogP contribution is -2.37. The lowest BCUT2D eigenvalue weighted by Gasteiger charge is -2.25. The highest BCUT2D eigenvalue weighted by atomic mass is 79.9. The van der Waals surface area contributed by atoms with E-state index >= 15 is 0 Å². The first-order valence-corrected chi connectivity index (χ1v) is 10.4. The number of rotatable bonds is 3. The molecule has 1 aliphatic heterocycles. The third kappa shape index (κ3) is 4.92. The SMILES string of the molecule is S=C(Nc1ccc(Br)cc1Cl)N1CCCN(Cc2ccsc2)CC1. The molecule has 3 nitrogen and oxygen atoms in total. The predicted octanol–water partition coefficient (Wildman–Crippen LogP) is 5.07. The summed E-state index contributed by atoms with van der Waals surface area (Å²) < 4.78 is 0.961. The van der Waals surface area contributed by atoms with Crippen LogP contribution in [0.1, 0.15) is 12.0 Å². The van der Waals surface area contributed by atoms with Gasteiger partial charge in [0.2, 0.25) is 0 Å². The Morgan fingerprint density at radius 2 is 2.12 bits per heavy atom. The predicted molar refractivity (Wildman–Crippen MR) is 111 cm³/mol. The summed E-state index contributed by atoms with van der Waals surface area (Å²) in [6, 6.07) is 7.98. The van der Waals surface area contributed by atoms with Crippen molar-refractivity contribution >= 4 is 61.9 Å². The standard InChI is InChI=1S/C17H19BrClN3S2/c18-14-2-3-16(15(19)10-14)20-17(23)22-6-1-5-21(7-8-22)11-13-4-9-24-12-13/h2-4,9-10,12H,1,5-8,11H2,(H,20,23). The van der Waals surface area contributed by atoms with E-state index in [4.69, 9.17) is 23.8 Å². The third-order valence-corrected chi connectivity index (χ3v) is 5.93. The van der Waals surface area contributed by atoms with Crippen molar-refractivity contribution in [3.05, 3.63) is 50.1 Å². The molecule has 1 saturated heterocycles. The molecule has 7 heteroatoms. The largest absolute Gasteiger partial charge is 0.348 e. The van der Waals surface area contributed by atoms with E-state index in [9.17, 15) is 0 Å². The quantitative estimate of drug-likeness (QED) is 0.666. The lowest BCUT2D eigenvalue weighted by atomic mass is 10.3. The highest BCUT2D eigenvalue weighted by Crippen LogP contribution is 2.26. The summed E-state index contributed by atoms with van der Waals surface area (Å²) >= 11 is 17.0. The minimum absolute atomic E-state index is 0.667. The van der Waals surface area contributed by atoms with Crippen LogP contribution in [0.25, 0.3) is 0 Å². The summed E-state index contributed by atoms with van der Waals surface area (Å²) in [4.78, 5) is 4.73. The van der Waals surface area contributed by atoms with Gasteiger partial charge in [0.25, 0.3) is 0 Å². The summed E-state index contributed by atoms with van der Waals surface area (Å²) in [5, 5.41) is 9.06. The van der Waals surface area contributed by atoms with E-state index in [0.717, 1.165) is 54.4 Å². The fraction of sp³-hybridized carbons (Fsp3) is 0.353. The second-order valence-corrected chi connectivity index (χ2v) is 8.29. The minimum atomic E-state index is 0.667. The van der Waals surface area contributed by atoms with Gasteiger partial charge in [-0.3, -0.25) is 4.90 Å². The first-order chi connectivity index (χ1) is 11.6. The van der Waals surface area contributed by atoms with Crippen LogP contribution in [0.2, 0.25) is 5.02 Å². The first kappa shape index (κ1) is 18.1. The summed E-state index contributed by atoms with van der Waals surface area (Å²) in [5.41, 5.74) is 2.25. The zero-order valence-corrected chi connectivity index (χ0v) is 17.1. The fourth-order valence-electron chi connectivity index (χ4n) is 2.76. The van der Waals surface area contributed by atoms with E-state index < -0.39 is 0 Å². The molecule has 0 spiro atoms. The number of halogens is 2. The Morgan fingerprint density at radius 3 is 2.88 bits per heavy atom. The molecule has 2 aromatic rings. The Hall–Kier alpha value is -0.660. The van der Waals surface area contributed by atoms with E-state index in [2.05, 4.69) is 47.9 Å². The molecule has 24 heavy (non-hydrogen) atoms. The molecule has 0 radical (unpaired) electrons. The molecular weight excluding hydrogens is 426 g/mol. The molecule has 128 valence electrons. The zero-order chi connectivity index (χ0) is 16.9. The molecule has 2 heterocycles. The highest BCUT2D eigenvalue weighted by molar-refractivity contribution is 9.10. The topological polar surface area (TPSA) is 18.5 Å². The van der Waals surface area contributed by atoms with Crippen LogP contribution in [0.4, 0.5) is 5.69 Å². The van der Waals surface area contributed by atoms with Crippen molar-refractivity contribution in [1.82, 2.24) is 9.80 Å². The molecule has 1 fully saturated rings. The van der Waals surface area contributed by atoms with Crippen molar-refractivity contribution < 1.29 is 0 Å².